The summed E-state index contributed by atoms with van der Waals surface area (Å²) in [4.78, 5) is 10.6. The van der Waals surface area contributed by atoms with Crippen molar-refractivity contribution in [1.82, 2.24) is 14.9 Å². The molecule has 3 rings (SSSR count). The van der Waals surface area contributed by atoms with E-state index in [-0.39, 0.29) is 0 Å². The van der Waals surface area contributed by atoms with Crippen LogP contribution >= 0.6 is 0 Å². The summed E-state index contributed by atoms with van der Waals surface area (Å²) in [7, 11) is 0. The molecule has 1 atom stereocenters. The molecule has 0 radical (unpaired) electrons. The summed E-state index contributed by atoms with van der Waals surface area (Å²) in [5, 5.41) is 0. The molecule has 0 saturated carbocycles. The zero-order chi connectivity index (χ0) is 13.9. The molecule has 1 unspecified atom stereocenters. The van der Waals surface area contributed by atoms with Gasteiger partial charge >= 0.3 is 0 Å². The maximum atomic E-state index is 5.80. The van der Waals surface area contributed by atoms with Gasteiger partial charge < -0.3 is 15.6 Å². The van der Waals surface area contributed by atoms with Crippen LogP contribution in [0.25, 0.3) is 11.0 Å². The molecule has 0 aliphatic carbocycles. The second-order valence-corrected chi connectivity index (χ2v) is 5.94. The van der Waals surface area contributed by atoms with Crippen molar-refractivity contribution in [1.29, 1.82) is 0 Å². The molecule has 4 nitrogen and oxygen atoms in total. The van der Waals surface area contributed by atoms with E-state index < -0.39 is 0 Å². The fourth-order valence-corrected chi connectivity index (χ4v) is 3.11. The predicted octanol–water partition coefficient (Wildman–Crippen LogP) is 2.95. The van der Waals surface area contributed by atoms with Crippen LogP contribution in [0.4, 0.5) is 5.69 Å². The van der Waals surface area contributed by atoms with Gasteiger partial charge in [0.25, 0.3) is 0 Å². The number of imidazole rings is 1. The molecule has 2 heterocycles. The number of benzene rings is 1. The zero-order valence-electron chi connectivity index (χ0n) is 12.2. The van der Waals surface area contributed by atoms with E-state index in [4.69, 9.17) is 5.73 Å². The Morgan fingerprint density at radius 2 is 2.25 bits per heavy atom. The van der Waals surface area contributed by atoms with Gasteiger partial charge in [0.15, 0.2) is 0 Å². The summed E-state index contributed by atoms with van der Waals surface area (Å²) < 4.78 is 0. The van der Waals surface area contributed by atoms with Gasteiger partial charge in [-0.15, -0.1) is 0 Å². The Labute approximate surface area is 120 Å². The Balaban J connectivity index is 1.66. The largest absolute Gasteiger partial charge is 0.399 e. The average Bonchev–Trinajstić information content (AvgIpc) is 2.71. The predicted molar refractivity (Wildman–Crippen MR) is 83.7 cm³/mol. The van der Waals surface area contributed by atoms with Gasteiger partial charge in [-0.1, -0.05) is 12.8 Å². The number of likely N-dealkylation sites (tertiary alicyclic amines) is 1. The lowest BCUT2D eigenvalue weighted by Gasteiger charge is -2.26. The molecule has 3 N–H and O–H groups in total. The maximum absolute atomic E-state index is 5.80. The van der Waals surface area contributed by atoms with Crippen LogP contribution in [-0.4, -0.2) is 34.0 Å². The number of H-pyrrole nitrogens is 1. The zero-order valence-corrected chi connectivity index (χ0v) is 12.2. The first-order chi connectivity index (χ1) is 9.72. The van der Waals surface area contributed by atoms with Crippen molar-refractivity contribution in [2.75, 3.05) is 18.8 Å². The monoisotopic (exact) mass is 272 g/mol. The minimum atomic E-state index is 0.706. The van der Waals surface area contributed by atoms with Crippen LogP contribution in [0.3, 0.4) is 0 Å². The molecule has 1 aromatic carbocycles. The molecule has 0 spiro atoms. The summed E-state index contributed by atoms with van der Waals surface area (Å²) in [6.45, 7) is 4.68. The number of nitrogens with two attached hydrogens (primary N) is 1. The Bertz CT molecular complexity index is 575. The van der Waals surface area contributed by atoms with Crippen LogP contribution in [-0.2, 0) is 6.42 Å². The third-order valence-corrected chi connectivity index (χ3v) is 4.38. The van der Waals surface area contributed by atoms with Gasteiger partial charge in [-0.25, -0.2) is 4.98 Å². The lowest BCUT2D eigenvalue weighted by Crippen LogP contribution is -2.34. The minimum absolute atomic E-state index is 0.706. The van der Waals surface area contributed by atoms with Gasteiger partial charge in [0.05, 0.1) is 11.0 Å². The fraction of sp³-hybridized carbons (Fsp3) is 0.562. The molecule has 4 heteroatoms. The van der Waals surface area contributed by atoms with E-state index in [0.717, 1.165) is 35.5 Å². The van der Waals surface area contributed by atoms with Gasteiger partial charge in [-0.3, -0.25) is 0 Å². The number of hydrogen-bond donors (Lipinski definition) is 2. The standard InChI is InChI=1S/C16H24N4/c1-12-5-3-2-4-9-20(12)10-8-16-18-14-7-6-13(17)11-15(14)19-16/h6-7,11-12H,2-5,8-10,17H2,1H3,(H,18,19). The highest BCUT2D eigenvalue weighted by atomic mass is 15.1. The molecule has 2 aromatic rings. The van der Waals surface area contributed by atoms with Gasteiger partial charge in [-0.05, 0) is 44.5 Å². The van der Waals surface area contributed by atoms with E-state index in [2.05, 4.69) is 21.8 Å². The highest BCUT2D eigenvalue weighted by Crippen LogP contribution is 2.18. The average molecular weight is 272 g/mol. The third-order valence-electron chi connectivity index (χ3n) is 4.38. The van der Waals surface area contributed by atoms with Crippen molar-refractivity contribution in [2.24, 2.45) is 0 Å². The van der Waals surface area contributed by atoms with Crippen molar-refractivity contribution < 1.29 is 0 Å². The summed E-state index contributed by atoms with van der Waals surface area (Å²) in [6, 6.07) is 6.56. The first kappa shape index (κ1) is 13.4. The van der Waals surface area contributed by atoms with E-state index >= 15 is 0 Å². The summed E-state index contributed by atoms with van der Waals surface area (Å²) >= 11 is 0. The highest BCUT2D eigenvalue weighted by molar-refractivity contribution is 5.78. The van der Waals surface area contributed by atoms with Crippen LogP contribution in [0.2, 0.25) is 0 Å². The van der Waals surface area contributed by atoms with Crippen LogP contribution in [0.15, 0.2) is 18.2 Å². The highest BCUT2D eigenvalue weighted by Gasteiger charge is 2.16. The van der Waals surface area contributed by atoms with E-state index in [0.29, 0.717) is 6.04 Å². The summed E-state index contributed by atoms with van der Waals surface area (Å²) in [6.07, 6.45) is 6.41. The molecule has 108 valence electrons. The minimum Gasteiger partial charge on any atom is -0.399 e. The normalized spacial score (nSPS) is 21.1. The number of fused-ring (bicyclic) bond motifs is 1. The molecule has 1 fully saturated rings. The van der Waals surface area contributed by atoms with Gasteiger partial charge in [0.1, 0.15) is 5.82 Å². The molecule has 1 aliphatic rings. The van der Waals surface area contributed by atoms with Crippen LogP contribution in [0, 0.1) is 0 Å². The number of nitrogens with one attached hydrogen (secondary N) is 1. The molecule has 1 saturated heterocycles. The van der Waals surface area contributed by atoms with Crippen molar-refractivity contribution in [2.45, 2.75) is 45.1 Å². The Morgan fingerprint density at radius 1 is 1.35 bits per heavy atom. The molecule has 1 aromatic heterocycles. The fourth-order valence-electron chi connectivity index (χ4n) is 3.11. The number of aromatic nitrogens is 2. The number of nitrogens with zero attached hydrogens (tertiary/aromatic N) is 2. The number of rotatable bonds is 3. The Kier molecular flexibility index (Phi) is 3.92. The van der Waals surface area contributed by atoms with Crippen LogP contribution in [0.5, 0.6) is 0 Å². The topological polar surface area (TPSA) is 57.9 Å². The summed E-state index contributed by atoms with van der Waals surface area (Å²) in [5.74, 6) is 1.07. The van der Waals surface area contributed by atoms with Crippen molar-refractivity contribution in [3.05, 3.63) is 24.0 Å². The lowest BCUT2D eigenvalue weighted by atomic mass is 10.1. The third kappa shape index (κ3) is 2.96. The van der Waals surface area contributed by atoms with Crippen LogP contribution in [0.1, 0.15) is 38.4 Å². The SMILES string of the molecule is CC1CCCCCN1CCc1nc2ccc(N)cc2[nH]1. The first-order valence-corrected chi connectivity index (χ1v) is 7.70. The quantitative estimate of drug-likeness (QED) is 0.845. The maximum Gasteiger partial charge on any atom is 0.108 e. The molecular formula is C16H24N4. The lowest BCUT2D eigenvalue weighted by molar-refractivity contribution is 0.215. The van der Waals surface area contributed by atoms with E-state index in [1.165, 1.54) is 32.2 Å². The smallest absolute Gasteiger partial charge is 0.108 e. The van der Waals surface area contributed by atoms with Crippen LogP contribution < -0.4 is 5.73 Å². The molecule has 20 heavy (non-hydrogen) atoms. The summed E-state index contributed by atoms with van der Waals surface area (Å²) in [5.41, 5.74) is 8.65. The number of hydrogen-bond acceptors (Lipinski definition) is 3. The van der Waals surface area contributed by atoms with E-state index in [1.807, 2.05) is 18.2 Å². The molecule has 0 bridgehead atoms. The Hall–Kier alpha value is -1.55. The first-order valence-electron chi connectivity index (χ1n) is 7.70. The van der Waals surface area contributed by atoms with Crippen molar-refractivity contribution in [3.63, 3.8) is 0 Å². The number of aromatic amines is 1. The molecule has 1 aliphatic heterocycles. The number of anilines is 1. The molecule has 0 amide bonds. The van der Waals surface area contributed by atoms with Crippen molar-refractivity contribution in [3.8, 4) is 0 Å². The number of nitrogen functional groups attached to an aromatic ring is 1. The van der Waals surface area contributed by atoms with Crippen molar-refractivity contribution >= 4 is 16.7 Å². The second kappa shape index (κ2) is 5.83. The van der Waals surface area contributed by atoms with Gasteiger partial charge in [0, 0.05) is 24.7 Å². The van der Waals surface area contributed by atoms with E-state index in [1.54, 1.807) is 0 Å². The molecular weight excluding hydrogens is 248 g/mol. The Morgan fingerprint density at radius 3 is 3.15 bits per heavy atom. The van der Waals surface area contributed by atoms with Gasteiger partial charge in [0.2, 0.25) is 0 Å². The van der Waals surface area contributed by atoms with E-state index in [9.17, 15) is 0 Å². The second-order valence-electron chi connectivity index (χ2n) is 5.94. The van der Waals surface area contributed by atoms with Gasteiger partial charge in [-0.2, -0.15) is 0 Å².